The molecule has 2 nitrogen and oxygen atoms in total. The second kappa shape index (κ2) is 3.13. The highest BCUT2D eigenvalue weighted by molar-refractivity contribution is 5.00. The fourth-order valence-electron chi connectivity index (χ4n) is 2.07. The van der Waals surface area contributed by atoms with Gasteiger partial charge in [-0.1, -0.05) is 0 Å². The number of halogens is 3. The van der Waals surface area contributed by atoms with Crippen LogP contribution in [0.15, 0.2) is 0 Å². The van der Waals surface area contributed by atoms with E-state index in [9.17, 15) is 18.3 Å². The first kappa shape index (κ1) is 10.8. The van der Waals surface area contributed by atoms with Crippen molar-refractivity contribution in [1.82, 2.24) is 0 Å². The van der Waals surface area contributed by atoms with Crippen LogP contribution in [-0.2, 0) is 0 Å². The fourth-order valence-corrected chi connectivity index (χ4v) is 2.07. The van der Waals surface area contributed by atoms with Gasteiger partial charge in [0.15, 0.2) is 5.60 Å². The highest BCUT2D eigenvalue weighted by Crippen LogP contribution is 2.47. The van der Waals surface area contributed by atoms with E-state index in [1.807, 2.05) is 0 Å². The summed E-state index contributed by atoms with van der Waals surface area (Å²) in [6, 6.07) is -0.617. The number of rotatable bonds is 1. The first-order valence-electron chi connectivity index (χ1n) is 4.34. The summed E-state index contributed by atoms with van der Waals surface area (Å²) in [6.07, 6.45) is -4.03. The average molecular weight is 197 g/mol. The zero-order valence-corrected chi connectivity index (χ0v) is 7.43. The molecule has 0 radical (unpaired) electrons. The van der Waals surface area contributed by atoms with Gasteiger partial charge >= 0.3 is 6.18 Å². The van der Waals surface area contributed by atoms with Crippen LogP contribution in [0.2, 0.25) is 0 Å². The van der Waals surface area contributed by atoms with Crippen LogP contribution in [0, 0.1) is 5.92 Å². The first-order chi connectivity index (χ1) is 5.79. The van der Waals surface area contributed by atoms with Gasteiger partial charge in [-0.3, -0.25) is 0 Å². The van der Waals surface area contributed by atoms with E-state index in [0.717, 1.165) is 0 Å². The molecule has 1 aliphatic carbocycles. The largest absolute Gasteiger partial charge is 0.417 e. The van der Waals surface area contributed by atoms with Gasteiger partial charge in [0.2, 0.25) is 0 Å². The van der Waals surface area contributed by atoms with E-state index in [4.69, 9.17) is 5.73 Å². The van der Waals surface area contributed by atoms with E-state index >= 15 is 0 Å². The lowest BCUT2D eigenvalue weighted by atomic mass is 9.85. The molecule has 1 fully saturated rings. The summed E-state index contributed by atoms with van der Waals surface area (Å²) in [5, 5.41) is 9.45. The van der Waals surface area contributed by atoms with Gasteiger partial charge in [0.05, 0.1) is 0 Å². The lowest BCUT2D eigenvalue weighted by molar-refractivity contribution is -0.274. The normalized spacial score (nSPS) is 37.8. The standard InChI is InChI=1S/C8H14F3NO/c1-5(12)6-3-2-4-7(6,13)8(9,10)11/h5-6,13H,2-4,12H2,1H3. The van der Waals surface area contributed by atoms with Gasteiger partial charge in [-0.2, -0.15) is 13.2 Å². The molecule has 0 saturated heterocycles. The van der Waals surface area contributed by atoms with Crippen LogP contribution < -0.4 is 5.73 Å². The van der Waals surface area contributed by atoms with Gasteiger partial charge in [0.1, 0.15) is 0 Å². The smallest absolute Gasteiger partial charge is 0.380 e. The van der Waals surface area contributed by atoms with Gasteiger partial charge in [-0.05, 0) is 26.2 Å². The fraction of sp³-hybridized carbons (Fsp3) is 1.00. The highest BCUT2D eigenvalue weighted by Gasteiger charge is 2.60. The summed E-state index contributed by atoms with van der Waals surface area (Å²) < 4.78 is 37.3. The van der Waals surface area contributed by atoms with Crippen LogP contribution in [-0.4, -0.2) is 22.9 Å². The van der Waals surface area contributed by atoms with Crippen LogP contribution in [0.4, 0.5) is 13.2 Å². The maximum absolute atomic E-state index is 12.4. The predicted molar refractivity (Wildman–Crippen MR) is 42.0 cm³/mol. The van der Waals surface area contributed by atoms with Crippen LogP contribution in [0.5, 0.6) is 0 Å². The van der Waals surface area contributed by atoms with E-state index in [2.05, 4.69) is 0 Å². The molecule has 1 aliphatic rings. The lowest BCUT2D eigenvalue weighted by Crippen LogP contribution is -2.53. The minimum Gasteiger partial charge on any atom is -0.380 e. The maximum atomic E-state index is 12.4. The van der Waals surface area contributed by atoms with E-state index in [0.29, 0.717) is 12.8 Å². The summed E-state index contributed by atoms with van der Waals surface area (Å²) >= 11 is 0. The van der Waals surface area contributed by atoms with Crippen LogP contribution in [0.3, 0.4) is 0 Å². The topological polar surface area (TPSA) is 46.2 Å². The molecule has 0 bridgehead atoms. The lowest BCUT2D eigenvalue weighted by Gasteiger charge is -2.34. The Balaban J connectivity index is 2.88. The Labute approximate surface area is 74.9 Å². The van der Waals surface area contributed by atoms with Crippen molar-refractivity contribution >= 4 is 0 Å². The van der Waals surface area contributed by atoms with E-state index in [1.54, 1.807) is 0 Å². The molecule has 0 spiro atoms. The number of nitrogens with two attached hydrogens (primary N) is 1. The van der Waals surface area contributed by atoms with Crippen molar-refractivity contribution in [3.8, 4) is 0 Å². The minimum atomic E-state index is -4.55. The summed E-state index contributed by atoms with van der Waals surface area (Å²) in [5.74, 6) is -0.854. The summed E-state index contributed by atoms with van der Waals surface area (Å²) in [7, 11) is 0. The molecule has 0 aromatic rings. The highest BCUT2D eigenvalue weighted by atomic mass is 19.4. The van der Waals surface area contributed by atoms with Crippen molar-refractivity contribution in [3.63, 3.8) is 0 Å². The first-order valence-corrected chi connectivity index (χ1v) is 4.34. The molecule has 3 unspecified atom stereocenters. The zero-order valence-electron chi connectivity index (χ0n) is 7.43. The summed E-state index contributed by atoms with van der Waals surface area (Å²) in [5.41, 5.74) is 2.86. The molecular weight excluding hydrogens is 183 g/mol. The van der Waals surface area contributed by atoms with Crippen LogP contribution in [0.25, 0.3) is 0 Å². The van der Waals surface area contributed by atoms with Crippen LogP contribution in [0.1, 0.15) is 26.2 Å². The zero-order chi connectivity index (χ0) is 10.3. The van der Waals surface area contributed by atoms with Gasteiger partial charge in [0.25, 0.3) is 0 Å². The van der Waals surface area contributed by atoms with E-state index in [1.165, 1.54) is 6.92 Å². The third-order valence-corrected chi connectivity index (χ3v) is 2.81. The second-order valence-electron chi connectivity index (χ2n) is 3.78. The SMILES string of the molecule is CC(N)C1CCCC1(O)C(F)(F)F. The van der Waals surface area contributed by atoms with Crippen molar-refractivity contribution in [2.75, 3.05) is 0 Å². The van der Waals surface area contributed by atoms with Crippen molar-refractivity contribution in [3.05, 3.63) is 0 Å². The van der Waals surface area contributed by atoms with Gasteiger partial charge in [-0.15, -0.1) is 0 Å². The molecule has 13 heavy (non-hydrogen) atoms. The molecule has 3 N–H and O–H groups in total. The maximum Gasteiger partial charge on any atom is 0.417 e. The monoisotopic (exact) mass is 197 g/mol. The molecule has 3 atom stereocenters. The second-order valence-corrected chi connectivity index (χ2v) is 3.78. The Hall–Kier alpha value is -0.290. The van der Waals surface area contributed by atoms with Gasteiger partial charge < -0.3 is 10.8 Å². The van der Waals surface area contributed by atoms with Gasteiger partial charge in [-0.25, -0.2) is 0 Å². The molecule has 0 aromatic carbocycles. The Morgan fingerprint density at radius 3 is 2.38 bits per heavy atom. The number of alkyl halides is 3. The molecule has 0 heterocycles. The third kappa shape index (κ3) is 1.67. The van der Waals surface area contributed by atoms with Crippen molar-refractivity contribution in [1.29, 1.82) is 0 Å². The number of hydrogen-bond acceptors (Lipinski definition) is 2. The quantitative estimate of drug-likeness (QED) is 0.668. The Bertz CT molecular complexity index is 192. The average Bonchev–Trinajstić information content (AvgIpc) is 2.30. The molecule has 1 saturated carbocycles. The molecular formula is C8H14F3NO. The molecule has 0 aliphatic heterocycles. The Morgan fingerprint density at radius 2 is 2.08 bits per heavy atom. The molecule has 1 rings (SSSR count). The van der Waals surface area contributed by atoms with Gasteiger partial charge in [0, 0.05) is 12.0 Å². The van der Waals surface area contributed by atoms with Crippen LogP contribution >= 0.6 is 0 Å². The molecule has 78 valence electrons. The predicted octanol–water partition coefficient (Wildman–Crippen LogP) is 1.43. The molecule has 5 heteroatoms. The van der Waals surface area contributed by atoms with Crippen molar-refractivity contribution in [2.24, 2.45) is 11.7 Å². The molecule has 0 aromatic heterocycles. The van der Waals surface area contributed by atoms with E-state index in [-0.39, 0.29) is 6.42 Å². The number of hydrogen-bond donors (Lipinski definition) is 2. The van der Waals surface area contributed by atoms with E-state index < -0.39 is 23.7 Å². The third-order valence-electron chi connectivity index (χ3n) is 2.81. The minimum absolute atomic E-state index is 0.220. The molecule has 0 amide bonds. The van der Waals surface area contributed by atoms with Crippen molar-refractivity contribution in [2.45, 2.75) is 44.0 Å². The summed E-state index contributed by atoms with van der Waals surface area (Å²) in [6.45, 7) is 1.51. The number of aliphatic hydroxyl groups is 1. The Morgan fingerprint density at radius 1 is 1.54 bits per heavy atom. The Kier molecular flexibility index (Phi) is 2.60. The summed E-state index contributed by atoms with van der Waals surface area (Å²) in [4.78, 5) is 0. The van der Waals surface area contributed by atoms with Crippen molar-refractivity contribution < 1.29 is 18.3 Å².